The first-order valence-electron chi connectivity index (χ1n) is 8.96. The zero-order valence-corrected chi connectivity index (χ0v) is 18.1. The third kappa shape index (κ3) is 4.21. The van der Waals surface area contributed by atoms with E-state index in [0.29, 0.717) is 17.9 Å². The fraction of sp³-hybridized carbons (Fsp3) is 0.316. The Balaban J connectivity index is 1.75. The molecule has 0 fully saturated rings. The first-order valence-corrected chi connectivity index (χ1v) is 9.76. The lowest BCUT2D eigenvalue weighted by Crippen LogP contribution is -2.25. The number of carbonyl (C=O) groups excluding carboxylic acids is 1. The van der Waals surface area contributed by atoms with Crippen molar-refractivity contribution in [1.82, 2.24) is 19.6 Å². The highest BCUT2D eigenvalue weighted by Gasteiger charge is 2.23. The quantitative estimate of drug-likeness (QED) is 0.442. The summed E-state index contributed by atoms with van der Waals surface area (Å²) in [6, 6.07) is 6.81. The molecule has 1 N–H and O–H groups in total. The van der Waals surface area contributed by atoms with Gasteiger partial charge in [-0.2, -0.15) is 10.2 Å². The molecule has 0 spiro atoms. The van der Waals surface area contributed by atoms with Crippen LogP contribution in [0.1, 0.15) is 35.6 Å². The van der Waals surface area contributed by atoms with E-state index in [9.17, 15) is 14.9 Å². The number of halogens is 1. The Labute approximate surface area is 176 Å². The fourth-order valence-corrected chi connectivity index (χ4v) is 3.38. The molecule has 0 aliphatic heterocycles. The Morgan fingerprint density at radius 1 is 1.31 bits per heavy atom. The molecule has 1 amide bonds. The third-order valence-electron chi connectivity index (χ3n) is 4.78. The summed E-state index contributed by atoms with van der Waals surface area (Å²) in [7, 11) is 0. The maximum absolute atomic E-state index is 12.7. The molecule has 0 saturated carbocycles. The molecular formula is C19H21BrN6O3. The minimum atomic E-state index is -0.695. The molecule has 2 heterocycles. The number of benzene rings is 1. The van der Waals surface area contributed by atoms with E-state index < -0.39 is 11.0 Å². The van der Waals surface area contributed by atoms with E-state index in [1.165, 1.54) is 4.68 Å². The van der Waals surface area contributed by atoms with Crippen LogP contribution in [0.2, 0.25) is 0 Å². The van der Waals surface area contributed by atoms with Gasteiger partial charge in [0.25, 0.3) is 0 Å². The van der Waals surface area contributed by atoms with Crippen LogP contribution in [-0.2, 0) is 11.3 Å². The zero-order chi connectivity index (χ0) is 21.3. The van der Waals surface area contributed by atoms with Crippen LogP contribution in [0, 0.1) is 30.9 Å². The minimum absolute atomic E-state index is 0.109. The molecule has 0 bridgehead atoms. The van der Waals surface area contributed by atoms with Gasteiger partial charge in [-0.1, -0.05) is 12.1 Å². The van der Waals surface area contributed by atoms with Crippen molar-refractivity contribution in [2.45, 2.75) is 40.3 Å². The van der Waals surface area contributed by atoms with Gasteiger partial charge in [0.05, 0.1) is 27.3 Å². The van der Waals surface area contributed by atoms with E-state index in [4.69, 9.17) is 0 Å². The Morgan fingerprint density at radius 2 is 2.03 bits per heavy atom. The Hall–Kier alpha value is -3.01. The highest BCUT2D eigenvalue weighted by molar-refractivity contribution is 9.10. The predicted octanol–water partition coefficient (Wildman–Crippen LogP) is 3.92. The highest BCUT2D eigenvalue weighted by Crippen LogP contribution is 2.23. The number of aryl methyl sites for hydroxylation is 1. The average Bonchev–Trinajstić information content (AvgIpc) is 3.17. The van der Waals surface area contributed by atoms with Gasteiger partial charge in [0.2, 0.25) is 5.91 Å². The molecule has 10 heteroatoms. The van der Waals surface area contributed by atoms with Crippen molar-refractivity contribution in [1.29, 1.82) is 0 Å². The molecular weight excluding hydrogens is 440 g/mol. The van der Waals surface area contributed by atoms with Crippen LogP contribution in [0.5, 0.6) is 0 Å². The summed E-state index contributed by atoms with van der Waals surface area (Å²) in [5.74, 6) is -0.308. The van der Waals surface area contributed by atoms with Crippen molar-refractivity contribution >= 4 is 33.2 Å². The summed E-state index contributed by atoms with van der Waals surface area (Å²) in [5.41, 5.74) is 3.80. The lowest BCUT2D eigenvalue weighted by atomic mass is 10.2. The number of nitrogens with zero attached hydrogens (tertiary/aromatic N) is 5. The molecule has 2 aromatic heterocycles. The molecule has 1 aromatic carbocycles. The van der Waals surface area contributed by atoms with Crippen molar-refractivity contribution in [3.63, 3.8) is 0 Å². The summed E-state index contributed by atoms with van der Waals surface area (Å²) in [6.07, 6.45) is 1.16. The molecule has 1 unspecified atom stereocenters. The molecule has 0 radical (unpaired) electrons. The largest absolute Gasteiger partial charge is 0.324 e. The average molecular weight is 461 g/mol. The van der Waals surface area contributed by atoms with Gasteiger partial charge in [0.15, 0.2) is 0 Å². The van der Waals surface area contributed by atoms with Crippen molar-refractivity contribution < 1.29 is 9.72 Å². The maximum Gasteiger partial charge on any atom is 0.309 e. The first kappa shape index (κ1) is 20.7. The Kier molecular flexibility index (Phi) is 5.83. The van der Waals surface area contributed by atoms with Crippen LogP contribution in [0.25, 0.3) is 0 Å². The number of carbonyl (C=O) groups is 1. The number of nitro groups is 1. The van der Waals surface area contributed by atoms with Gasteiger partial charge in [-0.3, -0.25) is 24.3 Å². The van der Waals surface area contributed by atoms with Gasteiger partial charge < -0.3 is 5.32 Å². The van der Waals surface area contributed by atoms with E-state index in [0.717, 1.165) is 27.6 Å². The SMILES string of the molecule is Cc1nn(Cc2cccc(NC(=O)C(C)n3ncc([N+](=O)[O-])c3C)c2)c(C)c1Br. The monoisotopic (exact) mass is 460 g/mol. The lowest BCUT2D eigenvalue weighted by molar-refractivity contribution is -0.385. The predicted molar refractivity (Wildman–Crippen MR) is 112 cm³/mol. The van der Waals surface area contributed by atoms with Crippen LogP contribution in [0.15, 0.2) is 34.9 Å². The first-order chi connectivity index (χ1) is 13.7. The summed E-state index contributed by atoms with van der Waals surface area (Å²) in [4.78, 5) is 23.1. The van der Waals surface area contributed by atoms with Gasteiger partial charge in [-0.15, -0.1) is 0 Å². The van der Waals surface area contributed by atoms with Crippen molar-refractivity contribution in [2.75, 3.05) is 5.32 Å². The van der Waals surface area contributed by atoms with E-state index in [1.807, 2.05) is 36.7 Å². The third-order valence-corrected chi connectivity index (χ3v) is 5.93. The summed E-state index contributed by atoms with van der Waals surface area (Å²) in [5, 5.41) is 22.3. The summed E-state index contributed by atoms with van der Waals surface area (Å²) in [6.45, 7) is 7.72. The number of aromatic nitrogens is 4. The van der Waals surface area contributed by atoms with Crippen LogP contribution in [-0.4, -0.2) is 30.4 Å². The lowest BCUT2D eigenvalue weighted by Gasteiger charge is -2.15. The van der Waals surface area contributed by atoms with Crippen molar-refractivity contribution in [3.8, 4) is 0 Å². The number of hydrogen-bond donors (Lipinski definition) is 1. The van der Waals surface area contributed by atoms with Crippen LogP contribution >= 0.6 is 15.9 Å². The second-order valence-electron chi connectivity index (χ2n) is 6.82. The molecule has 9 nitrogen and oxygen atoms in total. The van der Waals surface area contributed by atoms with Crippen molar-refractivity contribution in [3.05, 3.63) is 67.7 Å². The van der Waals surface area contributed by atoms with E-state index in [1.54, 1.807) is 19.9 Å². The van der Waals surface area contributed by atoms with Gasteiger partial charge >= 0.3 is 5.69 Å². The van der Waals surface area contributed by atoms with Gasteiger partial charge in [0.1, 0.15) is 17.9 Å². The molecule has 3 rings (SSSR count). The van der Waals surface area contributed by atoms with E-state index >= 15 is 0 Å². The summed E-state index contributed by atoms with van der Waals surface area (Å²) >= 11 is 3.52. The van der Waals surface area contributed by atoms with Crippen LogP contribution < -0.4 is 5.32 Å². The van der Waals surface area contributed by atoms with Crippen molar-refractivity contribution in [2.24, 2.45) is 0 Å². The number of rotatable bonds is 6. The second-order valence-corrected chi connectivity index (χ2v) is 7.62. The van der Waals surface area contributed by atoms with E-state index in [-0.39, 0.29) is 11.6 Å². The Bertz CT molecular complexity index is 1090. The molecule has 0 aliphatic carbocycles. The van der Waals surface area contributed by atoms with Crippen LogP contribution in [0.3, 0.4) is 0 Å². The smallest absolute Gasteiger partial charge is 0.309 e. The minimum Gasteiger partial charge on any atom is -0.324 e. The second kappa shape index (κ2) is 8.16. The number of anilines is 1. The van der Waals surface area contributed by atoms with E-state index in [2.05, 4.69) is 31.4 Å². The van der Waals surface area contributed by atoms with Gasteiger partial charge in [-0.05, 0) is 61.3 Å². The molecule has 3 aromatic rings. The van der Waals surface area contributed by atoms with Gasteiger partial charge in [0, 0.05) is 5.69 Å². The normalized spacial score (nSPS) is 12.0. The molecule has 29 heavy (non-hydrogen) atoms. The Morgan fingerprint density at radius 3 is 2.62 bits per heavy atom. The molecule has 0 aliphatic rings. The maximum atomic E-state index is 12.7. The summed E-state index contributed by atoms with van der Waals surface area (Å²) < 4.78 is 4.24. The molecule has 152 valence electrons. The number of amides is 1. The zero-order valence-electron chi connectivity index (χ0n) is 16.5. The fourth-order valence-electron chi connectivity index (χ4n) is 3.09. The number of hydrogen-bond acceptors (Lipinski definition) is 5. The van der Waals surface area contributed by atoms with Gasteiger partial charge in [-0.25, -0.2) is 0 Å². The number of nitrogens with one attached hydrogen (secondary N) is 1. The highest BCUT2D eigenvalue weighted by atomic mass is 79.9. The molecule has 0 saturated heterocycles. The topological polar surface area (TPSA) is 108 Å². The van der Waals surface area contributed by atoms with Crippen LogP contribution in [0.4, 0.5) is 11.4 Å². The molecule has 1 atom stereocenters. The standard InChI is InChI=1S/C19H21BrN6O3/c1-11-18(20)13(3)24(23-11)10-15-6-5-7-16(8-15)22-19(27)14(4)25-12(2)17(9-21-25)26(28)29/h5-9,14H,10H2,1-4H3,(H,22,27).